The van der Waals surface area contributed by atoms with Crippen molar-refractivity contribution in [3.8, 4) is 0 Å². The molecule has 1 aromatic heterocycles. The Bertz CT molecular complexity index is 189. The van der Waals surface area contributed by atoms with Gasteiger partial charge in [-0.2, -0.15) is 0 Å². The summed E-state index contributed by atoms with van der Waals surface area (Å²) in [5.74, 6) is 0.822. The van der Waals surface area contributed by atoms with Crippen LogP contribution >= 0.6 is 0 Å². The quantitative estimate of drug-likeness (QED) is 0.555. The van der Waals surface area contributed by atoms with Crippen LogP contribution in [0.3, 0.4) is 0 Å². The molecule has 0 aliphatic rings. The normalized spacial score (nSPS) is 7.45. The maximum Gasteiger partial charge on any atom is 0.292 e. The Labute approximate surface area is 65.2 Å². The van der Waals surface area contributed by atoms with Gasteiger partial charge in [-0.25, -0.2) is 9.97 Å². The van der Waals surface area contributed by atoms with Gasteiger partial charge in [-0.3, -0.25) is 4.79 Å². The highest BCUT2D eigenvalue weighted by molar-refractivity contribution is 5.36. The average Bonchev–Trinajstić information content (AvgIpc) is 2.07. The van der Waals surface area contributed by atoms with Gasteiger partial charge in [0.2, 0.25) is 0 Å². The molecule has 0 saturated carbocycles. The minimum Gasteiger partial charge on any atom is -0.471 e. The highest BCUT2D eigenvalue weighted by Gasteiger charge is 1.74. The Morgan fingerprint density at radius 2 is 1.91 bits per heavy atom. The minimum absolute atomic E-state index is 0.375. The Hall–Kier alpha value is -1.45. The first-order chi connectivity index (χ1) is 5.31. The van der Waals surface area contributed by atoms with Crippen molar-refractivity contribution in [2.24, 2.45) is 0 Å². The third-order valence-electron chi connectivity index (χ3n) is 0.791. The Kier molecular flexibility index (Phi) is 5.79. The first-order valence-electron chi connectivity index (χ1n) is 3.01. The van der Waals surface area contributed by atoms with Crippen molar-refractivity contribution in [3.05, 3.63) is 24.3 Å². The van der Waals surface area contributed by atoms with Crippen molar-refractivity contribution in [3.63, 3.8) is 0 Å². The van der Waals surface area contributed by atoms with E-state index in [2.05, 4.69) is 14.7 Å². The molecule has 0 radical (unpaired) electrons. The number of nitrogens with zero attached hydrogens (tertiary/aromatic N) is 2. The number of hydrogen-bond acceptors (Lipinski definition) is 4. The van der Waals surface area contributed by atoms with E-state index in [1.54, 1.807) is 18.5 Å². The molecule has 0 fully saturated rings. The van der Waals surface area contributed by atoms with E-state index in [0.717, 1.165) is 5.82 Å². The third kappa shape index (κ3) is 6.44. The summed E-state index contributed by atoms with van der Waals surface area (Å²) in [7, 11) is 1.31. The van der Waals surface area contributed by atoms with Crippen LogP contribution < -0.4 is 0 Å². The number of ether oxygens (including phenoxy) is 1. The van der Waals surface area contributed by atoms with Crippen molar-refractivity contribution < 1.29 is 9.53 Å². The lowest BCUT2D eigenvalue weighted by molar-refractivity contribution is -0.126. The molecule has 0 aromatic carbocycles. The maximum absolute atomic E-state index is 8.95. The third-order valence-corrected chi connectivity index (χ3v) is 0.791. The van der Waals surface area contributed by atoms with Crippen LogP contribution in [0.1, 0.15) is 5.82 Å². The lowest BCUT2D eigenvalue weighted by Gasteiger charge is -1.81. The van der Waals surface area contributed by atoms with Gasteiger partial charge in [-0.15, -0.1) is 0 Å². The lowest BCUT2D eigenvalue weighted by Crippen LogP contribution is -1.80. The number of methoxy groups -OCH3 is 1. The molecule has 11 heavy (non-hydrogen) atoms. The summed E-state index contributed by atoms with van der Waals surface area (Å²) in [5, 5.41) is 0. The fourth-order valence-corrected chi connectivity index (χ4v) is 0.374. The van der Waals surface area contributed by atoms with Crippen molar-refractivity contribution >= 4 is 6.47 Å². The molecule has 0 aliphatic carbocycles. The molecule has 4 heteroatoms. The molecule has 0 saturated heterocycles. The predicted molar refractivity (Wildman–Crippen MR) is 39.8 cm³/mol. The number of hydrogen-bond donors (Lipinski definition) is 0. The van der Waals surface area contributed by atoms with Gasteiger partial charge in [0.25, 0.3) is 6.47 Å². The Morgan fingerprint density at radius 3 is 2.09 bits per heavy atom. The van der Waals surface area contributed by atoms with E-state index in [1.807, 2.05) is 6.92 Å². The van der Waals surface area contributed by atoms with Crippen LogP contribution in [0.15, 0.2) is 18.5 Å². The van der Waals surface area contributed by atoms with Crippen molar-refractivity contribution in [1.82, 2.24) is 9.97 Å². The van der Waals surface area contributed by atoms with E-state index < -0.39 is 0 Å². The zero-order chi connectivity index (χ0) is 8.53. The number of aromatic nitrogens is 2. The van der Waals surface area contributed by atoms with Crippen LogP contribution in [0.4, 0.5) is 0 Å². The SMILES string of the molecule is COC=O.Cc1ncccn1. The van der Waals surface area contributed by atoms with Crippen LogP contribution in [0.25, 0.3) is 0 Å². The van der Waals surface area contributed by atoms with Crippen molar-refractivity contribution in [2.45, 2.75) is 6.92 Å². The molecule has 0 bridgehead atoms. The van der Waals surface area contributed by atoms with E-state index >= 15 is 0 Å². The second kappa shape index (κ2) is 6.67. The Balaban J connectivity index is 0.000000218. The van der Waals surface area contributed by atoms with Gasteiger partial charge in [0.15, 0.2) is 0 Å². The summed E-state index contributed by atoms with van der Waals surface area (Å²) in [6.45, 7) is 2.24. The molecular formula is C7H10N2O2. The van der Waals surface area contributed by atoms with Gasteiger partial charge in [0.05, 0.1) is 7.11 Å². The van der Waals surface area contributed by atoms with Gasteiger partial charge in [-0.05, 0) is 13.0 Å². The summed E-state index contributed by atoms with van der Waals surface area (Å²) in [6.07, 6.45) is 3.45. The van der Waals surface area contributed by atoms with Crippen molar-refractivity contribution in [1.29, 1.82) is 0 Å². The maximum atomic E-state index is 8.95. The first kappa shape index (κ1) is 9.55. The molecular weight excluding hydrogens is 144 g/mol. The highest BCUT2D eigenvalue weighted by atomic mass is 16.5. The van der Waals surface area contributed by atoms with Crippen LogP contribution in [0.2, 0.25) is 0 Å². The van der Waals surface area contributed by atoms with Gasteiger partial charge in [0, 0.05) is 12.4 Å². The molecule has 0 N–H and O–H groups in total. The second-order valence-electron chi connectivity index (χ2n) is 1.63. The predicted octanol–water partition coefficient (Wildman–Crippen LogP) is 0.574. The van der Waals surface area contributed by atoms with E-state index in [-0.39, 0.29) is 0 Å². The number of carbonyl (C=O) groups is 1. The largest absolute Gasteiger partial charge is 0.471 e. The molecule has 0 spiro atoms. The van der Waals surface area contributed by atoms with Crippen LogP contribution in [-0.2, 0) is 9.53 Å². The fourth-order valence-electron chi connectivity index (χ4n) is 0.374. The number of rotatable bonds is 1. The topological polar surface area (TPSA) is 52.1 Å². The molecule has 0 atom stereocenters. The average molecular weight is 154 g/mol. The zero-order valence-electron chi connectivity index (χ0n) is 6.52. The zero-order valence-corrected chi connectivity index (χ0v) is 6.52. The van der Waals surface area contributed by atoms with Gasteiger partial charge < -0.3 is 4.74 Å². The summed E-state index contributed by atoms with van der Waals surface area (Å²) < 4.78 is 3.86. The second-order valence-corrected chi connectivity index (χ2v) is 1.63. The van der Waals surface area contributed by atoms with E-state index in [1.165, 1.54) is 7.11 Å². The lowest BCUT2D eigenvalue weighted by atomic mass is 10.6. The van der Waals surface area contributed by atoms with Crippen molar-refractivity contribution in [2.75, 3.05) is 7.11 Å². The summed E-state index contributed by atoms with van der Waals surface area (Å²) in [6, 6.07) is 1.80. The molecule has 0 aliphatic heterocycles. The standard InChI is InChI=1S/C5H6N2.C2H4O2/c1-5-6-3-2-4-7-5;1-4-2-3/h2-4H,1H3;2H,1H3. The molecule has 1 heterocycles. The molecule has 0 amide bonds. The summed E-state index contributed by atoms with van der Waals surface area (Å²) in [5.41, 5.74) is 0. The first-order valence-corrected chi connectivity index (χ1v) is 3.01. The van der Waals surface area contributed by atoms with Gasteiger partial charge in [0.1, 0.15) is 5.82 Å². The molecule has 0 unspecified atom stereocenters. The summed E-state index contributed by atoms with van der Waals surface area (Å²) in [4.78, 5) is 16.7. The minimum atomic E-state index is 0.375. The van der Waals surface area contributed by atoms with Crippen LogP contribution in [0.5, 0.6) is 0 Å². The van der Waals surface area contributed by atoms with Crippen LogP contribution in [-0.4, -0.2) is 23.5 Å². The number of carbonyl (C=O) groups excluding carboxylic acids is 1. The smallest absolute Gasteiger partial charge is 0.292 e. The summed E-state index contributed by atoms with van der Waals surface area (Å²) >= 11 is 0. The van der Waals surface area contributed by atoms with Gasteiger partial charge >= 0.3 is 0 Å². The molecule has 1 rings (SSSR count). The van der Waals surface area contributed by atoms with E-state index in [9.17, 15) is 0 Å². The van der Waals surface area contributed by atoms with E-state index in [4.69, 9.17) is 4.79 Å². The molecule has 1 aromatic rings. The van der Waals surface area contributed by atoms with E-state index in [0.29, 0.717) is 6.47 Å². The molecule has 60 valence electrons. The van der Waals surface area contributed by atoms with Gasteiger partial charge in [-0.1, -0.05) is 0 Å². The highest BCUT2D eigenvalue weighted by Crippen LogP contribution is 1.78. The molecule has 4 nitrogen and oxygen atoms in total. The fraction of sp³-hybridized carbons (Fsp3) is 0.286. The Morgan fingerprint density at radius 1 is 1.45 bits per heavy atom. The monoisotopic (exact) mass is 154 g/mol. The number of aryl methyl sites for hydroxylation is 1. The van der Waals surface area contributed by atoms with Crippen LogP contribution in [0, 0.1) is 6.92 Å².